The Morgan fingerprint density at radius 2 is 1.96 bits per heavy atom. The Balaban J connectivity index is 1.70. The van der Waals surface area contributed by atoms with E-state index in [0.29, 0.717) is 17.1 Å². The highest BCUT2D eigenvalue weighted by molar-refractivity contribution is 6.04. The van der Waals surface area contributed by atoms with E-state index in [1.807, 2.05) is 18.2 Å². The summed E-state index contributed by atoms with van der Waals surface area (Å²) < 4.78 is 4.93. The molecule has 1 amide bonds. The number of aromatic nitrogens is 2. The van der Waals surface area contributed by atoms with Crippen LogP contribution in [0.25, 0.3) is 0 Å². The van der Waals surface area contributed by atoms with E-state index in [1.54, 1.807) is 25.3 Å². The molecule has 0 fully saturated rings. The summed E-state index contributed by atoms with van der Waals surface area (Å²) in [7, 11) is 0. The summed E-state index contributed by atoms with van der Waals surface area (Å²) in [6, 6.07) is 13.6. The lowest BCUT2D eigenvalue weighted by Crippen LogP contribution is -2.13. The molecule has 0 saturated carbocycles. The van der Waals surface area contributed by atoms with E-state index < -0.39 is 0 Å². The number of carbonyl (C=O) groups excluding carboxylic acids is 1. The smallest absolute Gasteiger partial charge is 0.258 e. The first kappa shape index (κ1) is 15.7. The van der Waals surface area contributed by atoms with Crippen LogP contribution in [-0.2, 0) is 0 Å². The largest absolute Gasteiger partial charge is 0.377 e. The minimum absolute atomic E-state index is 0.101. The van der Waals surface area contributed by atoms with Crippen LogP contribution in [0.3, 0.4) is 0 Å². The molecule has 2 aromatic heterocycles. The first-order chi connectivity index (χ1) is 11.6. The number of hydrogen-bond donors (Lipinski definition) is 2. The molecule has 6 heteroatoms. The summed E-state index contributed by atoms with van der Waals surface area (Å²) in [5.41, 5.74) is 2.38. The minimum atomic E-state index is -0.285. The van der Waals surface area contributed by atoms with Crippen LogP contribution < -0.4 is 10.6 Å². The lowest BCUT2D eigenvalue weighted by molar-refractivity contribution is 0.102. The van der Waals surface area contributed by atoms with Gasteiger partial charge in [0.05, 0.1) is 11.3 Å². The molecule has 0 radical (unpaired) electrons. The number of rotatable bonds is 5. The summed E-state index contributed by atoms with van der Waals surface area (Å²) in [6.45, 7) is 3.82. The first-order valence-electron chi connectivity index (χ1n) is 7.63. The predicted octanol–water partition coefficient (Wildman–Crippen LogP) is 3.80. The number of nitrogens with zero attached hydrogens (tertiary/aromatic N) is 2. The van der Waals surface area contributed by atoms with Gasteiger partial charge < -0.3 is 15.2 Å². The molecule has 0 aliphatic rings. The molecule has 1 atom stereocenters. The standard InChI is InChI=1S/C18H18N4O2/c1-12-8-17(22-24-12)21-18(23)15-9-16(11-19-10-15)20-13(2)14-6-4-3-5-7-14/h3-11,13,20H,1-2H3,(H,21,22,23). The van der Waals surface area contributed by atoms with E-state index in [0.717, 1.165) is 11.3 Å². The number of nitrogens with one attached hydrogen (secondary N) is 2. The average molecular weight is 322 g/mol. The quantitative estimate of drug-likeness (QED) is 0.747. The van der Waals surface area contributed by atoms with Crippen LogP contribution in [0, 0.1) is 6.92 Å². The Labute approximate surface area is 139 Å². The Morgan fingerprint density at radius 1 is 1.17 bits per heavy atom. The number of pyridine rings is 1. The van der Waals surface area contributed by atoms with Crippen molar-refractivity contribution in [3.05, 3.63) is 71.7 Å². The van der Waals surface area contributed by atoms with Crippen molar-refractivity contribution in [2.24, 2.45) is 0 Å². The maximum absolute atomic E-state index is 12.3. The molecule has 0 spiro atoms. The van der Waals surface area contributed by atoms with Crippen molar-refractivity contribution in [3.63, 3.8) is 0 Å². The van der Waals surface area contributed by atoms with Gasteiger partial charge in [-0.15, -0.1) is 0 Å². The van der Waals surface area contributed by atoms with E-state index in [-0.39, 0.29) is 11.9 Å². The first-order valence-corrected chi connectivity index (χ1v) is 7.63. The van der Waals surface area contributed by atoms with Crippen molar-refractivity contribution in [1.82, 2.24) is 10.1 Å². The fourth-order valence-corrected chi connectivity index (χ4v) is 2.33. The molecule has 6 nitrogen and oxygen atoms in total. The van der Waals surface area contributed by atoms with Crippen LogP contribution in [0.15, 0.2) is 59.4 Å². The monoisotopic (exact) mass is 322 g/mol. The molecule has 24 heavy (non-hydrogen) atoms. The molecular formula is C18H18N4O2. The second-order valence-electron chi connectivity index (χ2n) is 5.52. The molecule has 0 aliphatic carbocycles. The van der Waals surface area contributed by atoms with Crippen LogP contribution in [-0.4, -0.2) is 16.0 Å². The lowest BCUT2D eigenvalue weighted by Gasteiger charge is -2.15. The zero-order valence-electron chi connectivity index (χ0n) is 13.5. The Hall–Kier alpha value is -3.15. The third-order valence-corrected chi connectivity index (χ3v) is 3.55. The number of benzene rings is 1. The molecule has 122 valence electrons. The maximum atomic E-state index is 12.3. The molecule has 2 heterocycles. The van der Waals surface area contributed by atoms with Gasteiger partial charge in [0.25, 0.3) is 5.91 Å². The number of hydrogen-bond acceptors (Lipinski definition) is 5. The fourth-order valence-electron chi connectivity index (χ4n) is 2.33. The highest BCUT2D eigenvalue weighted by Crippen LogP contribution is 2.19. The molecule has 1 unspecified atom stereocenters. The van der Waals surface area contributed by atoms with Gasteiger partial charge in [-0.05, 0) is 25.5 Å². The van der Waals surface area contributed by atoms with Gasteiger partial charge in [0.1, 0.15) is 5.76 Å². The lowest BCUT2D eigenvalue weighted by atomic mass is 10.1. The van der Waals surface area contributed by atoms with E-state index in [2.05, 4.69) is 39.8 Å². The van der Waals surface area contributed by atoms with Crippen molar-refractivity contribution in [2.75, 3.05) is 10.6 Å². The normalized spacial score (nSPS) is 11.8. The summed E-state index contributed by atoms with van der Waals surface area (Å²) in [4.78, 5) is 16.4. The zero-order chi connectivity index (χ0) is 16.9. The third kappa shape index (κ3) is 3.78. The third-order valence-electron chi connectivity index (χ3n) is 3.55. The SMILES string of the molecule is Cc1cc(NC(=O)c2cncc(NC(C)c3ccccc3)c2)no1. The van der Waals surface area contributed by atoms with Crippen molar-refractivity contribution in [3.8, 4) is 0 Å². The second kappa shape index (κ2) is 6.95. The molecular weight excluding hydrogens is 304 g/mol. The fraction of sp³-hybridized carbons (Fsp3) is 0.167. The van der Waals surface area contributed by atoms with E-state index in [4.69, 9.17) is 4.52 Å². The Kier molecular flexibility index (Phi) is 4.56. The van der Waals surface area contributed by atoms with Crippen molar-refractivity contribution < 1.29 is 9.32 Å². The molecule has 0 saturated heterocycles. The van der Waals surface area contributed by atoms with Gasteiger partial charge in [0.15, 0.2) is 5.82 Å². The van der Waals surface area contributed by atoms with Gasteiger partial charge in [0.2, 0.25) is 0 Å². The van der Waals surface area contributed by atoms with Crippen LogP contribution in [0.2, 0.25) is 0 Å². The highest BCUT2D eigenvalue weighted by Gasteiger charge is 2.11. The van der Waals surface area contributed by atoms with Crippen LogP contribution in [0.1, 0.15) is 34.6 Å². The van der Waals surface area contributed by atoms with Crippen LogP contribution >= 0.6 is 0 Å². The van der Waals surface area contributed by atoms with Gasteiger partial charge >= 0.3 is 0 Å². The maximum Gasteiger partial charge on any atom is 0.258 e. The highest BCUT2D eigenvalue weighted by atomic mass is 16.5. The van der Waals surface area contributed by atoms with Gasteiger partial charge in [-0.1, -0.05) is 35.5 Å². The molecule has 3 rings (SSSR count). The molecule has 2 N–H and O–H groups in total. The van der Waals surface area contributed by atoms with E-state index >= 15 is 0 Å². The number of carbonyl (C=O) groups is 1. The summed E-state index contributed by atoms with van der Waals surface area (Å²) in [6.07, 6.45) is 3.21. The van der Waals surface area contributed by atoms with Crippen molar-refractivity contribution >= 4 is 17.4 Å². The Bertz CT molecular complexity index is 830. The number of aryl methyl sites for hydroxylation is 1. The minimum Gasteiger partial charge on any atom is -0.377 e. The second-order valence-corrected chi connectivity index (χ2v) is 5.52. The summed E-state index contributed by atoms with van der Waals surface area (Å²) in [5, 5.41) is 9.77. The zero-order valence-corrected chi connectivity index (χ0v) is 13.5. The molecule has 0 aliphatic heterocycles. The van der Waals surface area contributed by atoms with Gasteiger partial charge in [-0.3, -0.25) is 9.78 Å². The van der Waals surface area contributed by atoms with Crippen LogP contribution in [0.5, 0.6) is 0 Å². The van der Waals surface area contributed by atoms with Crippen molar-refractivity contribution in [1.29, 1.82) is 0 Å². The van der Waals surface area contributed by atoms with Crippen LogP contribution in [0.4, 0.5) is 11.5 Å². The van der Waals surface area contributed by atoms with Gasteiger partial charge in [-0.2, -0.15) is 0 Å². The summed E-state index contributed by atoms with van der Waals surface area (Å²) in [5.74, 6) is 0.732. The molecule has 3 aromatic rings. The molecule has 0 bridgehead atoms. The average Bonchev–Trinajstić information content (AvgIpc) is 3.00. The molecule has 1 aromatic carbocycles. The van der Waals surface area contributed by atoms with E-state index in [1.165, 1.54) is 6.20 Å². The summed E-state index contributed by atoms with van der Waals surface area (Å²) >= 11 is 0. The van der Waals surface area contributed by atoms with Gasteiger partial charge in [-0.25, -0.2) is 0 Å². The topological polar surface area (TPSA) is 80.0 Å². The van der Waals surface area contributed by atoms with E-state index in [9.17, 15) is 4.79 Å². The Morgan fingerprint density at radius 3 is 2.67 bits per heavy atom. The number of anilines is 2. The predicted molar refractivity (Wildman–Crippen MR) is 91.9 cm³/mol. The van der Waals surface area contributed by atoms with Gasteiger partial charge in [0, 0.05) is 24.5 Å². The number of amides is 1. The van der Waals surface area contributed by atoms with Crippen molar-refractivity contribution in [2.45, 2.75) is 19.9 Å².